The topological polar surface area (TPSA) is 32.8 Å². The molecule has 1 amide bonds. The van der Waals surface area contributed by atoms with Gasteiger partial charge in [-0.05, 0) is 30.7 Å². The molecule has 0 atom stereocenters. The van der Waals surface area contributed by atoms with Crippen molar-refractivity contribution in [3.05, 3.63) is 64.8 Å². The van der Waals surface area contributed by atoms with E-state index in [2.05, 4.69) is 0 Å². The molecule has 1 fully saturated rings. The second-order valence-corrected chi connectivity index (χ2v) is 8.71. The summed E-state index contributed by atoms with van der Waals surface area (Å²) >= 11 is 1.19. The largest absolute Gasteiger partial charge is 0.489 e. The van der Waals surface area contributed by atoms with Crippen LogP contribution in [0.1, 0.15) is 21.7 Å². The molecule has 1 aromatic heterocycles. The third-order valence-corrected chi connectivity index (χ3v) is 6.55. The van der Waals surface area contributed by atoms with Crippen LogP contribution in [0.15, 0.2) is 48.5 Å². The van der Waals surface area contributed by atoms with E-state index in [1.54, 1.807) is 29.2 Å². The number of hydrogen-bond donors (Lipinski definition) is 0. The summed E-state index contributed by atoms with van der Waals surface area (Å²) in [5.41, 5.74) is 0.466. The van der Waals surface area contributed by atoms with E-state index < -0.39 is 18.5 Å². The van der Waals surface area contributed by atoms with Gasteiger partial charge in [-0.15, -0.1) is 11.3 Å². The third-order valence-electron chi connectivity index (χ3n) is 5.36. The van der Waals surface area contributed by atoms with Crippen LogP contribution in [0.2, 0.25) is 0 Å². The molecule has 4 nitrogen and oxygen atoms in total. The Balaban J connectivity index is 1.59. The molecule has 1 aliphatic heterocycles. The van der Waals surface area contributed by atoms with Crippen molar-refractivity contribution in [1.82, 2.24) is 9.80 Å². The van der Waals surface area contributed by atoms with Gasteiger partial charge in [-0.1, -0.05) is 24.3 Å². The van der Waals surface area contributed by atoms with Gasteiger partial charge < -0.3 is 9.64 Å². The minimum absolute atomic E-state index is 0.0139. The standard InChI is InChI=1S/C23H22F4N2O2S/c24-18-8-4-9-19-20(18)17(14-31-16-6-2-1-3-7-16)21(32-19)22(30)29-11-5-10-28(12-13-29)15-23(25,26)27/h1-4,6-9H,5,10-15H2. The highest BCUT2D eigenvalue weighted by atomic mass is 32.1. The smallest absolute Gasteiger partial charge is 0.401 e. The molecular weight excluding hydrogens is 444 g/mol. The summed E-state index contributed by atoms with van der Waals surface area (Å²) in [4.78, 5) is 16.6. The van der Waals surface area contributed by atoms with Gasteiger partial charge in [0.25, 0.3) is 5.91 Å². The van der Waals surface area contributed by atoms with Gasteiger partial charge in [-0.25, -0.2) is 4.39 Å². The van der Waals surface area contributed by atoms with Crippen LogP contribution >= 0.6 is 11.3 Å². The van der Waals surface area contributed by atoms with E-state index in [1.807, 2.05) is 18.2 Å². The highest BCUT2D eigenvalue weighted by Crippen LogP contribution is 2.35. The van der Waals surface area contributed by atoms with Gasteiger partial charge in [0.15, 0.2) is 0 Å². The second-order valence-electron chi connectivity index (χ2n) is 7.66. The zero-order chi connectivity index (χ0) is 22.7. The Morgan fingerprint density at radius 2 is 1.78 bits per heavy atom. The second kappa shape index (κ2) is 9.46. The highest BCUT2D eigenvalue weighted by Gasteiger charge is 2.32. The lowest BCUT2D eigenvalue weighted by atomic mass is 10.1. The van der Waals surface area contributed by atoms with Crippen molar-refractivity contribution in [1.29, 1.82) is 0 Å². The molecule has 9 heteroatoms. The maximum atomic E-state index is 14.7. The molecule has 0 N–H and O–H groups in total. The quantitative estimate of drug-likeness (QED) is 0.477. The number of carbonyl (C=O) groups is 1. The van der Waals surface area contributed by atoms with Crippen LogP contribution < -0.4 is 4.74 Å². The lowest BCUT2D eigenvalue weighted by molar-refractivity contribution is -0.145. The number of ether oxygens (including phenoxy) is 1. The number of alkyl halides is 3. The highest BCUT2D eigenvalue weighted by molar-refractivity contribution is 7.21. The first-order valence-electron chi connectivity index (χ1n) is 10.3. The number of para-hydroxylation sites is 1. The van der Waals surface area contributed by atoms with Gasteiger partial charge >= 0.3 is 6.18 Å². The lowest BCUT2D eigenvalue weighted by Crippen LogP contribution is -2.38. The minimum Gasteiger partial charge on any atom is -0.489 e. The first kappa shape index (κ1) is 22.5. The summed E-state index contributed by atoms with van der Waals surface area (Å²) in [5.74, 6) is -0.137. The third kappa shape index (κ3) is 5.21. The average molecular weight is 467 g/mol. The first-order chi connectivity index (χ1) is 15.3. The zero-order valence-corrected chi connectivity index (χ0v) is 18.0. The van der Waals surface area contributed by atoms with Crippen molar-refractivity contribution < 1.29 is 27.1 Å². The number of amides is 1. The Kier molecular flexibility index (Phi) is 6.66. The molecule has 0 spiro atoms. The predicted molar refractivity (Wildman–Crippen MR) is 116 cm³/mol. The molecule has 1 saturated heterocycles. The molecule has 2 heterocycles. The number of thiophene rings is 1. The Morgan fingerprint density at radius 3 is 2.53 bits per heavy atom. The van der Waals surface area contributed by atoms with Crippen molar-refractivity contribution in [2.45, 2.75) is 19.2 Å². The molecule has 4 rings (SSSR count). The van der Waals surface area contributed by atoms with Crippen LogP contribution in [0.5, 0.6) is 5.75 Å². The molecular formula is C23H22F4N2O2S. The summed E-state index contributed by atoms with van der Waals surface area (Å²) in [6.45, 7) is -0.0262. The Morgan fingerprint density at radius 1 is 1.00 bits per heavy atom. The van der Waals surface area contributed by atoms with E-state index in [0.717, 1.165) is 0 Å². The van der Waals surface area contributed by atoms with E-state index >= 15 is 0 Å². The van der Waals surface area contributed by atoms with E-state index in [9.17, 15) is 22.4 Å². The summed E-state index contributed by atoms with van der Waals surface area (Å²) in [6.07, 6.45) is -3.83. The van der Waals surface area contributed by atoms with E-state index in [4.69, 9.17) is 4.74 Å². The SMILES string of the molecule is O=C(c1sc2cccc(F)c2c1COc1ccccc1)N1CCCN(CC(F)(F)F)CC1. The molecule has 3 aromatic rings. The van der Waals surface area contributed by atoms with Crippen molar-refractivity contribution in [2.75, 3.05) is 32.7 Å². The fraction of sp³-hybridized carbons (Fsp3) is 0.348. The number of halogens is 4. The molecule has 0 saturated carbocycles. The molecule has 32 heavy (non-hydrogen) atoms. The van der Waals surface area contributed by atoms with Gasteiger partial charge in [0.1, 0.15) is 18.2 Å². The van der Waals surface area contributed by atoms with Crippen LogP contribution in [0.25, 0.3) is 10.1 Å². The van der Waals surface area contributed by atoms with Gasteiger partial charge in [0.05, 0.1) is 11.4 Å². The Hall–Kier alpha value is -2.65. The van der Waals surface area contributed by atoms with E-state index in [0.29, 0.717) is 39.2 Å². The Bertz CT molecular complexity index is 1080. The molecule has 0 aliphatic carbocycles. The molecule has 2 aromatic carbocycles. The summed E-state index contributed by atoms with van der Waals surface area (Å²) < 4.78 is 59.4. The number of carbonyl (C=O) groups excluding carboxylic acids is 1. The van der Waals surface area contributed by atoms with Gasteiger partial charge in [0, 0.05) is 41.8 Å². The number of rotatable bonds is 5. The van der Waals surface area contributed by atoms with Crippen LogP contribution in [0.4, 0.5) is 17.6 Å². The monoisotopic (exact) mass is 466 g/mol. The van der Waals surface area contributed by atoms with Crippen LogP contribution in [-0.2, 0) is 6.61 Å². The molecule has 0 unspecified atom stereocenters. The van der Waals surface area contributed by atoms with Gasteiger partial charge in [-0.2, -0.15) is 13.2 Å². The number of hydrogen-bond acceptors (Lipinski definition) is 4. The predicted octanol–water partition coefficient (Wildman–Crippen LogP) is 5.33. The van der Waals surface area contributed by atoms with Gasteiger partial charge in [0.2, 0.25) is 0 Å². The van der Waals surface area contributed by atoms with Crippen molar-refractivity contribution in [2.24, 2.45) is 0 Å². The van der Waals surface area contributed by atoms with Crippen molar-refractivity contribution >= 4 is 27.3 Å². The lowest BCUT2D eigenvalue weighted by Gasteiger charge is -2.23. The van der Waals surface area contributed by atoms with E-state index in [1.165, 1.54) is 22.3 Å². The maximum absolute atomic E-state index is 14.7. The molecule has 0 bridgehead atoms. The zero-order valence-electron chi connectivity index (χ0n) is 17.2. The van der Waals surface area contributed by atoms with E-state index in [-0.39, 0.29) is 32.1 Å². The maximum Gasteiger partial charge on any atom is 0.401 e. The molecule has 0 radical (unpaired) electrons. The van der Waals surface area contributed by atoms with Crippen LogP contribution in [-0.4, -0.2) is 54.6 Å². The minimum atomic E-state index is -4.27. The molecule has 170 valence electrons. The summed E-state index contributed by atoms with van der Waals surface area (Å²) in [7, 11) is 0. The fourth-order valence-electron chi connectivity index (χ4n) is 3.88. The number of nitrogens with zero attached hydrogens (tertiary/aromatic N) is 2. The van der Waals surface area contributed by atoms with Crippen LogP contribution in [0, 0.1) is 5.82 Å². The van der Waals surface area contributed by atoms with Crippen molar-refractivity contribution in [3.63, 3.8) is 0 Å². The number of fused-ring (bicyclic) bond motifs is 1. The summed E-state index contributed by atoms with van der Waals surface area (Å²) in [6, 6.07) is 13.7. The average Bonchev–Trinajstić information content (AvgIpc) is 2.98. The fourth-order valence-corrected chi connectivity index (χ4v) is 5.07. The normalized spacial score (nSPS) is 15.7. The molecule has 1 aliphatic rings. The van der Waals surface area contributed by atoms with Gasteiger partial charge in [-0.3, -0.25) is 9.69 Å². The number of benzene rings is 2. The first-order valence-corrected chi connectivity index (χ1v) is 11.1. The van der Waals surface area contributed by atoms with Crippen molar-refractivity contribution in [3.8, 4) is 5.75 Å². The van der Waals surface area contributed by atoms with Crippen LogP contribution in [0.3, 0.4) is 0 Å². The summed E-state index contributed by atoms with van der Waals surface area (Å²) in [5, 5.41) is 0.352. The Labute approximate surface area is 187 Å².